The first kappa shape index (κ1) is 13.1. The molecule has 1 fully saturated rings. The predicted octanol–water partition coefficient (Wildman–Crippen LogP) is 2.75. The molecule has 0 spiro atoms. The van der Waals surface area contributed by atoms with Gasteiger partial charge in [0.1, 0.15) is 5.75 Å². The number of Topliss-reactive ketones (excluding diaryl/α,β-unsaturated/α-hetero) is 1. The van der Waals surface area contributed by atoms with Crippen LogP contribution in [0.3, 0.4) is 0 Å². The van der Waals surface area contributed by atoms with Gasteiger partial charge in [0.25, 0.3) is 0 Å². The highest BCUT2D eigenvalue weighted by molar-refractivity contribution is 5.97. The van der Waals surface area contributed by atoms with Crippen LogP contribution >= 0.6 is 0 Å². The zero-order valence-electron chi connectivity index (χ0n) is 11.2. The molecule has 1 aliphatic rings. The van der Waals surface area contributed by atoms with Crippen LogP contribution in [0.1, 0.15) is 37.0 Å². The number of rotatable bonds is 5. The molecule has 0 amide bonds. The maximum atomic E-state index is 12.1. The Morgan fingerprint density at radius 1 is 1.39 bits per heavy atom. The molecule has 0 aromatic heterocycles. The van der Waals surface area contributed by atoms with Gasteiger partial charge in [0.05, 0.1) is 13.2 Å². The minimum Gasteiger partial charge on any atom is -0.494 e. The number of hydrogen-bond acceptors (Lipinski definition) is 3. The topological polar surface area (TPSA) is 29.5 Å². The van der Waals surface area contributed by atoms with Crippen LogP contribution in [0.25, 0.3) is 0 Å². The van der Waals surface area contributed by atoms with Crippen LogP contribution in [-0.2, 0) is 0 Å². The van der Waals surface area contributed by atoms with E-state index in [4.69, 9.17) is 4.74 Å². The molecule has 18 heavy (non-hydrogen) atoms. The van der Waals surface area contributed by atoms with Gasteiger partial charge in [0.15, 0.2) is 5.78 Å². The summed E-state index contributed by atoms with van der Waals surface area (Å²) < 4.78 is 5.37. The Kier molecular flexibility index (Phi) is 4.37. The molecule has 0 bridgehead atoms. The van der Waals surface area contributed by atoms with Gasteiger partial charge in [-0.05, 0) is 57.5 Å². The molecule has 3 nitrogen and oxygen atoms in total. The molecule has 98 valence electrons. The number of ketones is 1. The lowest BCUT2D eigenvalue weighted by atomic mass is 10.1. The Bertz CT molecular complexity index is 399. The van der Waals surface area contributed by atoms with Gasteiger partial charge in [0.2, 0.25) is 0 Å². The maximum Gasteiger partial charge on any atom is 0.176 e. The first-order valence-corrected chi connectivity index (χ1v) is 6.71. The van der Waals surface area contributed by atoms with E-state index in [0.29, 0.717) is 19.2 Å². The minimum atomic E-state index is 0.201. The van der Waals surface area contributed by atoms with E-state index in [1.165, 1.54) is 12.8 Å². The van der Waals surface area contributed by atoms with Gasteiger partial charge in [-0.15, -0.1) is 0 Å². The Hall–Kier alpha value is -1.35. The van der Waals surface area contributed by atoms with Gasteiger partial charge < -0.3 is 4.74 Å². The van der Waals surface area contributed by atoms with Crippen LogP contribution in [0.4, 0.5) is 0 Å². The highest BCUT2D eigenvalue weighted by Gasteiger charge is 2.22. The van der Waals surface area contributed by atoms with Gasteiger partial charge >= 0.3 is 0 Å². The molecule has 1 unspecified atom stereocenters. The van der Waals surface area contributed by atoms with Gasteiger partial charge in [-0.1, -0.05) is 0 Å². The van der Waals surface area contributed by atoms with Crippen molar-refractivity contribution < 1.29 is 9.53 Å². The fourth-order valence-electron chi connectivity index (χ4n) is 2.41. The number of nitrogens with zero attached hydrogens (tertiary/aromatic N) is 1. The van der Waals surface area contributed by atoms with Crippen molar-refractivity contribution in [1.82, 2.24) is 4.90 Å². The largest absolute Gasteiger partial charge is 0.494 e. The lowest BCUT2D eigenvalue weighted by Gasteiger charge is -2.19. The van der Waals surface area contributed by atoms with Crippen molar-refractivity contribution >= 4 is 5.78 Å². The van der Waals surface area contributed by atoms with Crippen LogP contribution in [0.2, 0.25) is 0 Å². The molecule has 0 N–H and O–H groups in total. The number of ether oxygens (including phenoxy) is 1. The molecule has 0 aliphatic carbocycles. The van der Waals surface area contributed by atoms with Crippen molar-refractivity contribution in [2.45, 2.75) is 32.7 Å². The van der Waals surface area contributed by atoms with Crippen molar-refractivity contribution in [2.24, 2.45) is 0 Å². The molecule has 1 atom stereocenters. The van der Waals surface area contributed by atoms with E-state index in [1.807, 2.05) is 31.2 Å². The third-order valence-corrected chi connectivity index (χ3v) is 3.52. The summed E-state index contributed by atoms with van der Waals surface area (Å²) in [6.07, 6.45) is 2.41. The predicted molar refractivity (Wildman–Crippen MR) is 72.2 cm³/mol. The van der Waals surface area contributed by atoms with E-state index in [9.17, 15) is 4.79 Å². The van der Waals surface area contributed by atoms with E-state index in [2.05, 4.69) is 11.8 Å². The summed E-state index contributed by atoms with van der Waals surface area (Å²) in [6.45, 7) is 6.38. The van der Waals surface area contributed by atoms with Crippen LogP contribution in [0, 0.1) is 0 Å². The van der Waals surface area contributed by atoms with Crippen molar-refractivity contribution in [3.05, 3.63) is 29.8 Å². The maximum absolute atomic E-state index is 12.1. The molecule has 1 aliphatic heterocycles. The molecular formula is C15H21NO2. The molecule has 1 heterocycles. The van der Waals surface area contributed by atoms with Crippen LogP contribution in [0.15, 0.2) is 24.3 Å². The van der Waals surface area contributed by atoms with E-state index in [1.54, 1.807) is 0 Å². The van der Waals surface area contributed by atoms with Crippen LogP contribution in [0.5, 0.6) is 5.75 Å². The summed E-state index contributed by atoms with van der Waals surface area (Å²) in [5, 5.41) is 0. The fourth-order valence-corrected chi connectivity index (χ4v) is 2.41. The molecule has 2 rings (SSSR count). The van der Waals surface area contributed by atoms with Crippen molar-refractivity contribution in [3.63, 3.8) is 0 Å². The highest BCUT2D eigenvalue weighted by Crippen LogP contribution is 2.18. The van der Waals surface area contributed by atoms with Crippen molar-refractivity contribution in [1.29, 1.82) is 0 Å². The lowest BCUT2D eigenvalue weighted by Crippen LogP contribution is -2.32. The van der Waals surface area contributed by atoms with Crippen LogP contribution < -0.4 is 4.74 Å². The first-order chi connectivity index (χ1) is 8.70. The second-order valence-corrected chi connectivity index (χ2v) is 4.84. The number of hydrogen-bond donors (Lipinski definition) is 0. The quantitative estimate of drug-likeness (QED) is 0.749. The van der Waals surface area contributed by atoms with Crippen molar-refractivity contribution in [2.75, 3.05) is 19.7 Å². The summed E-state index contributed by atoms with van der Waals surface area (Å²) in [7, 11) is 0. The molecule has 1 aromatic carbocycles. The standard InChI is InChI=1S/C15H21NO2/c1-3-18-14-8-6-13(7-9-14)15(17)11-16-10-4-5-12(16)2/h6-9,12H,3-5,10-11H2,1-2H3. The number of likely N-dealkylation sites (tertiary alicyclic amines) is 1. The molecule has 0 saturated carbocycles. The smallest absolute Gasteiger partial charge is 0.176 e. The number of benzene rings is 1. The second kappa shape index (κ2) is 6.01. The van der Waals surface area contributed by atoms with Gasteiger partial charge in [-0.3, -0.25) is 9.69 Å². The second-order valence-electron chi connectivity index (χ2n) is 4.84. The van der Waals surface area contributed by atoms with Gasteiger partial charge in [-0.25, -0.2) is 0 Å². The number of carbonyl (C=O) groups is 1. The zero-order chi connectivity index (χ0) is 13.0. The molecule has 1 aromatic rings. The molecule has 0 radical (unpaired) electrons. The molecule has 3 heteroatoms. The normalized spacial score (nSPS) is 20.0. The van der Waals surface area contributed by atoms with Crippen LogP contribution in [-0.4, -0.2) is 36.4 Å². The van der Waals surface area contributed by atoms with Gasteiger partial charge in [0, 0.05) is 11.6 Å². The first-order valence-electron chi connectivity index (χ1n) is 6.71. The third kappa shape index (κ3) is 3.10. The molecule has 1 saturated heterocycles. The van der Waals surface area contributed by atoms with E-state index in [-0.39, 0.29) is 5.78 Å². The van der Waals surface area contributed by atoms with E-state index in [0.717, 1.165) is 17.9 Å². The zero-order valence-corrected chi connectivity index (χ0v) is 11.2. The summed E-state index contributed by atoms with van der Waals surface area (Å²) in [6, 6.07) is 7.98. The summed E-state index contributed by atoms with van der Waals surface area (Å²) in [5.41, 5.74) is 0.776. The average molecular weight is 247 g/mol. The summed E-state index contributed by atoms with van der Waals surface area (Å²) in [5.74, 6) is 1.02. The molecular weight excluding hydrogens is 226 g/mol. The van der Waals surface area contributed by atoms with Gasteiger partial charge in [-0.2, -0.15) is 0 Å². The Morgan fingerprint density at radius 2 is 2.11 bits per heavy atom. The minimum absolute atomic E-state index is 0.201. The number of carbonyl (C=O) groups excluding carboxylic acids is 1. The van der Waals surface area contributed by atoms with Crippen molar-refractivity contribution in [3.8, 4) is 5.75 Å². The third-order valence-electron chi connectivity index (χ3n) is 3.52. The monoisotopic (exact) mass is 247 g/mol. The summed E-state index contributed by atoms with van der Waals surface area (Å²) in [4.78, 5) is 14.4. The van der Waals surface area contributed by atoms with E-state index >= 15 is 0 Å². The summed E-state index contributed by atoms with van der Waals surface area (Å²) >= 11 is 0. The Balaban J connectivity index is 1.96. The fraction of sp³-hybridized carbons (Fsp3) is 0.533. The Labute approximate surface area is 109 Å². The average Bonchev–Trinajstić information content (AvgIpc) is 2.76. The van der Waals surface area contributed by atoms with E-state index < -0.39 is 0 Å². The highest BCUT2D eigenvalue weighted by atomic mass is 16.5. The Morgan fingerprint density at radius 3 is 2.67 bits per heavy atom. The SMILES string of the molecule is CCOc1ccc(C(=O)CN2CCCC2C)cc1. The lowest BCUT2D eigenvalue weighted by molar-refractivity contribution is 0.0926.